The second kappa shape index (κ2) is 23.1. The van der Waals surface area contributed by atoms with E-state index in [1.165, 1.54) is 44.6 Å². The van der Waals surface area contributed by atoms with Gasteiger partial charge in [0.1, 0.15) is 33.1 Å². The number of carbonyl (C=O) groups excluding carboxylic acids is 1. The fourth-order valence-electron chi connectivity index (χ4n) is 7.86. The zero-order valence-corrected chi connectivity index (χ0v) is 40.1. The number of halogens is 6. The molecule has 364 valence electrons. The number of piperidine rings is 1. The van der Waals surface area contributed by atoms with Crippen LogP contribution in [0.5, 0.6) is 11.5 Å². The van der Waals surface area contributed by atoms with Crippen LogP contribution in [0.25, 0.3) is 22.3 Å². The van der Waals surface area contributed by atoms with Crippen molar-refractivity contribution in [2.75, 3.05) is 13.1 Å². The largest absolute Gasteiger partial charge is 0.505 e. The van der Waals surface area contributed by atoms with Gasteiger partial charge in [-0.05, 0) is 66.8 Å². The Morgan fingerprint density at radius 2 is 0.870 bits per heavy atom. The summed E-state index contributed by atoms with van der Waals surface area (Å²) in [6.07, 6.45) is 11.7. The van der Waals surface area contributed by atoms with Crippen LogP contribution in [0.2, 0.25) is 10.0 Å². The highest BCUT2D eigenvalue weighted by Gasteiger charge is 2.29. The van der Waals surface area contributed by atoms with Gasteiger partial charge < -0.3 is 20.2 Å². The Balaban J connectivity index is 0.000000204. The first-order valence-corrected chi connectivity index (χ1v) is 25.9. The number of hydrogen-bond acceptors (Lipinski definition) is 8. The fourth-order valence-corrected chi connectivity index (χ4v) is 11.4. The van der Waals surface area contributed by atoms with Crippen LogP contribution < -0.4 is 0 Å². The molecule has 18 heteroatoms. The summed E-state index contributed by atoms with van der Waals surface area (Å²) < 4.78 is 109. The van der Waals surface area contributed by atoms with Crippen molar-refractivity contribution in [2.24, 2.45) is 0 Å². The Labute approximate surface area is 407 Å². The van der Waals surface area contributed by atoms with E-state index in [0.29, 0.717) is 36.3 Å². The summed E-state index contributed by atoms with van der Waals surface area (Å²) >= 11 is 11.8. The summed E-state index contributed by atoms with van der Waals surface area (Å²) in [7, 11) is -8.77. The minimum absolute atomic E-state index is 0.00117. The molecular formula is C51H47Cl2F4NO9S2. The summed E-state index contributed by atoms with van der Waals surface area (Å²) in [4.78, 5) is 24.3. The molecule has 1 aliphatic carbocycles. The summed E-state index contributed by atoms with van der Waals surface area (Å²) in [6.45, 7) is 1.09. The smallest absolute Gasteiger partial charge is 0.335 e. The number of sulfone groups is 2. The number of likely N-dealkylation sites (tertiary alicyclic amines) is 1. The molecule has 0 unspecified atom stereocenters. The third kappa shape index (κ3) is 13.2. The molecular weight excluding hydrogens is 982 g/mol. The highest BCUT2D eigenvalue weighted by molar-refractivity contribution is 7.91. The molecule has 10 nitrogen and oxygen atoms in total. The second-order valence-electron chi connectivity index (χ2n) is 16.5. The zero-order valence-electron chi connectivity index (χ0n) is 36.9. The van der Waals surface area contributed by atoms with Crippen LogP contribution in [-0.4, -0.2) is 62.0 Å². The van der Waals surface area contributed by atoms with Gasteiger partial charge in [-0.2, -0.15) is 0 Å². The molecule has 6 aromatic carbocycles. The molecule has 0 atom stereocenters. The van der Waals surface area contributed by atoms with E-state index in [0.717, 1.165) is 49.6 Å². The molecule has 1 heterocycles. The lowest BCUT2D eigenvalue weighted by molar-refractivity contribution is 0.0694. The van der Waals surface area contributed by atoms with Gasteiger partial charge in [0, 0.05) is 53.0 Å². The maximum Gasteiger partial charge on any atom is 0.335 e. The third-order valence-electron chi connectivity index (χ3n) is 11.5. The molecule has 8 rings (SSSR count). The van der Waals surface area contributed by atoms with E-state index < -0.39 is 98.2 Å². The number of hydrogen-bond donors (Lipinski definition) is 3. The van der Waals surface area contributed by atoms with Crippen LogP contribution in [0, 0.1) is 23.3 Å². The predicted octanol–water partition coefficient (Wildman–Crippen LogP) is 12.6. The first-order valence-electron chi connectivity index (χ1n) is 21.9. The number of carboxylic acids is 1. The van der Waals surface area contributed by atoms with Gasteiger partial charge in [0.2, 0.25) is 0 Å². The lowest BCUT2D eigenvalue weighted by Gasteiger charge is -2.27. The Hall–Kier alpha value is -5.94. The lowest BCUT2D eigenvalue weighted by Crippen LogP contribution is -2.35. The van der Waals surface area contributed by atoms with Crippen LogP contribution in [-0.2, 0) is 31.2 Å². The molecule has 1 saturated carbocycles. The van der Waals surface area contributed by atoms with Crippen LogP contribution in [0.4, 0.5) is 17.6 Å². The molecule has 6 aromatic rings. The number of carbonyl (C=O) groups is 2. The van der Waals surface area contributed by atoms with Crippen LogP contribution in [0.15, 0.2) is 119 Å². The van der Waals surface area contributed by atoms with E-state index in [1.807, 2.05) is 0 Å². The Morgan fingerprint density at radius 1 is 0.507 bits per heavy atom. The number of aromatic hydroxyl groups is 2. The van der Waals surface area contributed by atoms with E-state index in [-0.39, 0.29) is 32.8 Å². The average Bonchev–Trinajstić information content (AvgIpc) is 3.33. The number of benzene rings is 6. The van der Waals surface area contributed by atoms with Crippen molar-refractivity contribution in [3.8, 4) is 33.8 Å². The maximum absolute atomic E-state index is 14.6. The number of nitrogens with zero attached hydrogens (tertiary/aromatic N) is 1. The molecule has 0 aromatic heterocycles. The predicted molar refractivity (Wildman–Crippen MR) is 256 cm³/mol. The summed E-state index contributed by atoms with van der Waals surface area (Å²) in [6, 6.07) is 23.8. The van der Waals surface area contributed by atoms with Crippen LogP contribution in [0.1, 0.15) is 89.6 Å². The zero-order chi connectivity index (χ0) is 50.0. The SMILES string of the molecule is C1CCCCC1.O=C(O)c1cc(Cl)c(O)c(S(=O)(=O)Cc2cc(-c3ccccc3)c(F)cc2F)c1.O=C(c1cc(Cl)c(O)c(S(=O)(=O)Cc2cc(-c3ccccc3)c(F)cc2F)c1)N1CCCCC1. The van der Waals surface area contributed by atoms with Crippen molar-refractivity contribution in [3.63, 3.8) is 0 Å². The molecule has 1 amide bonds. The van der Waals surface area contributed by atoms with Crippen molar-refractivity contribution < 1.29 is 59.3 Å². The highest BCUT2D eigenvalue weighted by atomic mass is 35.5. The topological polar surface area (TPSA) is 166 Å². The van der Waals surface area contributed by atoms with E-state index in [1.54, 1.807) is 65.6 Å². The lowest BCUT2D eigenvalue weighted by atomic mass is 10.0. The molecule has 3 N–H and O–H groups in total. The van der Waals surface area contributed by atoms with Crippen molar-refractivity contribution in [1.29, 1.82) is 0 Å². The number of aromatic carboxylic acids is 1. The Kier molecular flexibility index (Phi) is 17.6. The molecule has 0 bridgehead atoms. The van der Waals surface area contributed by atoms with Gasteiger partial charge in [-0.25, -0.2) is 39.2 Å². The molecule has 0 radical (unpaired) electrons. The van der Waals surface area contributed by atoms with Crippen molar-refractivity contribution in [3.05, 3.63) is 165 Å². The third-order valence-corrected chi connectivity index (χ3v) is 15.4. The van der Waals surface area contributed by atoms with E-state index in [9.17, 15) is 54.2 Å². The molecule has 2 aliphatic rings. The van der Waals surface area contributed by atoms with Crippen LogP contribution >= 0.6 is 23.2 Å². The molecule has 1 saturated heterocycles. The van der Waals surface area contributed by atoms with Gasteiger partial charge in [0.15, 0.2) is 31.2 Å². The van der Waals surface area contributed by atoms with Gasteiger partial charge >= 0.3 is 5.97 Å². The number of phenols is 2. The molecule has 1 aliphatic heterocycles. The van der Waals surface area contributed by atoms with Crippen molar-refractivity contribution >= 4 is 54.8 Å². The minimum Gasteiger partial charge on any atom is -0.505 e. The van der Waals surface area contributed by atoms with Gasteiger partial charge in [0.25, 0.3) is 5.91 Å². The van der Waals surface area contributed by atoms with Gasteiger partial charge in [-0.3, -0.25) is 4.79 Å². The van der Waals surface area contributed by atoms with Gasteiger partial charge in [-0.15, -0.1) is 0 Å². The minimum atomic E-state index is -4.42. The van der Waals surface area contributed by atoms with Crippen LogP contribution in [0.3, 0.4) is 0 Å². The summed E-state index contributed by atoms with van der Waals surface area (Å²) in [5, 5.41) is 28.7. The molecule has 0 spiro atoms. The van der Waals surface area contributed by atoms with E-state index in [4.69, 9.17) is 28.3 Å². The maximum atomic E-state index is 14.6. The number of phenolic OH excluding ortho intramolecular Hbond substituents is 2. The normalized spacial score (nSPS) is 13.9. The molecule has 69 heavy (non-hydrogen) atoms. The average molecular weight is 1030 g/mol. The first-order chi connectivity index (χ1) is 32.8. The van der Waals surface area contributed by atoms with Crippen molar-refractivity contribution in [1.82, 2.24) is 4.90 Å². The summed E-state index contributed by atoms with van der Waals surface area (Å²) in [5.41, 5.74) is -0.142. The number of carboxylic acid groups (broad SMARTS) is 1. The Bertz CT molecular complexity index is 3050. The van der Waals surface area contributed by atoms with E-state index in [2.05, 4.69) is 0 Å². The fraction of sp³-hybridized carbons (Fsp3) is 0.255. The first kappa shape index (κ1) is 52.4. The van der Waals surface area contributed by atoms with Gasteiger partial charge in [-0.1, -0.05) is 122 Å². The number of rotatable bonds is 10. The van der Waals surface area contributed by atoms with E-state index >= 15 is 0 Å². The Morgan fingerprint density at radius 3 is 1.26 bits per heavy atom. The molecule has 2 fully saturated rings. The van der Waals surface area contributed by atoms with Crippen molar-refractivity contribution in [2.45, 2.75) is 79.1 Å². The number of amides is 1. The second-order valence-corrected chi connectivity index (χ2v) is 21.2. The quantitative estimate of drug-likeness (QED) is 0.113. The summed E-state index contributed by atoms with van der Waals surface area (Å²) in [5.74, 6) is -9.03. The highest BCUT2D eigenvalue weighted by Crippen LogP contribution is 2.38. The van der Waals surface area contributed by atoms with Gasteiger partial charge in [0.05, 0.1) is 27.1 Å². The standard InChI is InChI=1S/C25H22ClF2NO4S.C20H13ClF2O5S.C6H12/c26-20-12-17(25(31)29-9-5-2-6-10-29)13-23(24(20)30)34(32,33)15-18-11-19(22(28)14-21(18)27)16-7-3-1-4-8-16;21-15-7-12(20(25)26)8-18(19(15)24)29(27,28)10-13-6-14(17(23)9-16(13)22)11-4-2-1-3-5-11;1-2-4-6-5-3-1/h1,3-4,7-8,11-14,30H,2,5-6,9-10,15H2;1-9,24H,10H2,(H,25,26);1-6H2. The monoisotopic (exact) mass is 1030 g/mol.